The zero-order chi connectivity index (χ0) is 27.1. The third kappa shape index (κ3) is 5.00. The van der Waals surface area contributed by atoms with Crippen molar-refractivity contribution in [3.63, 3.8) is 0 Å². The second-order valence-corrected chi connectivity index (χ2v) is 10.8. The monoisotopic (exact) mass is 545 g/mol. The summed E-state index contributed by atoms with van der Waals surface area (Å²) < 4.78 is 12.0. The molecule has 9 heteroatoms. The highest BCUT2D eigenvalue weighted by Gasteiger charge is 2.34. The van der Waals surface area contributed by atoms with Crippen molar-refractivity contribution in [2.75, 3.05) is 49.6 Å². The fourth-order valence-corrected chi connectivity index (χ4v) is 5.70. The Kier molecular flexibility index (Phi) is 7.01. The number of pyridine rings is 2. The Morgan fingerprint density at radius 2 is 1.92 bits per heavy atom. The molecule has 202 valence electrons. The molecule has 0 amide bonds. The summed E-state index contributed by atoms with van der Waals surface area (Å²) >= 11 is 6.34. The van der Waals surface area contributed by atoms with Crippen molar-refractivity contribution in [1.82, 2.24) is 14.9 Å². The summed E-state index contributed by atoms with van der Waals surface area (Å²) in [7, 11) is 0. The molecule has 2 aliphatic heterocycles. The van der Waals surface area contributed by atoms with E-state index in [1.165, 1.54) is 0 Å². The van der Waals surface area contributed by atoms with Gasteiger partial charge in [-0.1, -0.05) is 17.7 Å². The largest absolute Gasteiger partial charge is 0.455 e. The molecular formula is C30H32ClN5O3. The standard InChI is InChI=1S/C30H32ClN5O3/c1-18-13-23(29-24(14-18)27(37)19(2)28(39-29)21-5-4-8-32-15-21)20(3)33-25-6-7-26(31)34-30(25)36-16-22(17-36)35-9-11-38-12-10-35/h4-8,13-15,20,22,33H,9-12,16-17H2,1-3H3/t20-/m1/s1. The third-order valence-electron chi connectivity index (χ3n) is 7.72. The summed E-state index contributed by atoms with van der Waals surface area (Å²) in [6.07, 6.45) is 3.42. The highest BCUT2D eigenvalue weighted by atomic mass is 35.5. The maximum atomic E-state index is 13.5. The number of nitrogens with zero attached hydrogens (tertiary/aromatic N) is 4. The van der Waals surface area contributed by atoms with Crippen molar-refractivity contribution in [3.05, 3.63) is 80.9 Å². The minimum absolute atomic E-state index is 0.0316. The maximum Gasteiger partial charge on any atom is 0.196 e. The number of hydrogen-bond donors (Lipinski definition) is 1. The van der Waals surface area contributed by atoms with E-state index in [0.29, 0.717) is 33.5 Å². The number of fused-ring (bicyclic) bond motifs is 1. The van der Waals surface area contributed by atoms with Crippen LogP contribution >= 0.6 is 11.6 Å². The molecule has 0 unspecified atom stereocenters. The number of aryl methyl sites for hydroxylation is 1. The summed E-state index contributed by atoms with van der Waals surface area (Å²) in [5, 5.41) is 4.68. The fourth-order valence-electron chi connectivity index (χ4n) is 5.55. The van der Waals surface area contributed by atoms with Crippen molar-refractivity contribution in [2.24, 2.45) is 0 Å². The number of ether oxygens (including phenoxy) is 1. The van der Waals surface area contributed by atoms with Crippen LogP contribution in [0, 0.1) is 13.8 Å². The first kappa shape index (κ1) is 25.8. The van der Waals surface area contributed by atoms with Gasteiger partial charge in [0.05, 0.1) is 30.3 Å². The van der Waals surface area contributed by atoms with E-state index in [2.05, 4.69) is 38.1 Å². The van der Waals surface area contributed by atoms with E-state index in [-0.39, 0.29) is 11.5 Å². The predicted octanol–water partition coefficient (Wildman–Crippen LogP) is 5.21. The van der Waals surface area contributed by atoms with Crippen molar-refractivity contribution >= 4 is 34.1 Å². The summed E-state index contributed by atoms with van der Waals surface area (Å²) in [6, 6.07) is 11.8. The first-order chi connectivity index (χ1) is 18.9. The molecule has 6 rings (SSSR count). The molecule has 0 spiro atoms. The van der Waals surface area contributed by atoms with Gasteiger partial charge in [0.2, 0.25) is 0 Å². The molecule has 3 aromatic heterocycles. The quantitative estimate of drug-likeness (QED) is 0.330. The van der Waals surface area contributed by atoms with Crippen molar-refractivity contribution in [1.29, 1.82) is 0 Å². The van der Waals surface area contributed by atoms with Crippen LogP contribution < -0.4 is 15.6 Å². The summed E-state index contributed by atoms with van der Waals surface area (Å²) in [6.45, 7) is 11.2. The molecule has 8 nitrogen and oxygen atoms in total. The Labute approximate surface area is 232 Å². The summed E-state index contributed by atoms with van der Waals surface area (Å²) in [5.74, 6) is 1.38. The average molecular weight is 546 g/mol. The van der Waals surface area contributed by atoms with E-state index in [1.807, 2.05) is 31.2 Å². The summed E-state index contributed by atoms with van der Waals surface area (Å²) in [5.41, 5.74) is 4.69. The molecule has 0 aliphatic carbocycles. The molecule has 2 saturated heterocycles. The summed E-state index contributed by atoms with van der Waals surface area (Å²) in [4.78, 5) is 27.1. The Balaban J connectivity index is 1.33. The SMILES string of the molecule is Cc1cc([C@@H](C)Nc2ccc(Cl)nc2N2CC(N3CCOCC3)C2)c2oc(-c3cccnc3)c(C)c(=O)c2c1. The van der Waals surface area contributed by atoms with E-state index < -0.39 is 0 Å². The van der Waals surface area contributed by atoms with Crippen LogP contribution in [0.25, 0.3) is 22.3 Å². The van der Waals surface area contributed by atoms with Gasteiger partial charge in [-0.25, -0.2) is 4.98 Å². The average Bonchev–Trinajstić information content (AvgIpc) is 2.92. The number of benzene rings is 1. The molecule has 2 fully saturated rings. The van der Waals surface area contributed by atoms with Gasteiger partial charge >= 0.3 is 0 Å². The third-order valence-corrected chi connectivity index (χ3v) is 7.93. The molecule has 1 atom stereocenters. The van der Waals surface area contributed by atoms with E-state index in [0.717, 1.165) is 67.6 Å². The van der Waals surface area contributed by atoms with E-state index in [4.69, 9.17) is 20.8 Å². The van der Waals surface area contributed by atoms with Crippen LogP contribution in [0.1, 0.15) is 29.7 Å². The van der Waals surface area contributed by atoms with Gasteiger partial charge in [-0.3, -0.25) is 14.7 Å². The number of rotatable bonds is 6. The molecule has 0 radical (unpaired) electrons. The van der Waals surface area contributed by atoms with Crippen LogP contribution in [-0.4, -0.2) is 60.3 Å². The minimum Gasteiger partial charge on any atom is -0.455 e. The van der Waals surface area contributed by atoms with Crippen LogP contribution in [0.2, 0.25) is 5.15 Å². The van der Waals surface area contributed by atoms with Gasteiger partial charge in [-0.15, -0.1) is 0 Å². The van der Waals surface area contributed by atoms with Gasteiger partial charge in [-0.05, 0) is 56.7 Å². The van der Waals surface area contributed by atoms with Crippen molar-refractivity contribution in [2.45, 2.75) is 32.9 Å². The van der Waals surface area contributed by atoms with Gasteiger partial charge in [0, 0.05) is 61.3 Å². The zero-order valence-corrected chi connectivity index (χ0v) is 23.2. The smallest absolute Gasteiger partial charge is 0.196 e. The van der Waals surface area contributed by atoms with Gasteiger partial charge in [-0.2, -0.15) is 0 Å². The number of anilines is 2. The van der Waals surface area contributed by atoms with Crippen LogP contribution in [0.3, 0.4) is 0 Å². The van der Waals surface area contributed by atoms with E-state index >= 15 is 0 Å². The fraction of sp³-hybridized carbons (Fsp3) is 0.367. The maximum absolute atomic E-state index is 13.5. The van der Waals surface area contributed by atoms with Crippen molar-refractivity contribution in [3.8, 4) is 11.3 Å². The number of aromatic nitrogens is 2. The first-order valence-corrected chi connectivity index (χ1v) is 13.7. The molecule has 2 aliphatic rings. The normalized spacial score (nSPS) is 17.3. The first-order valence-electron chi connectivity index (χ1n) is 13.4. The van der Waals surface area contributed by atoms with Gasteiger partial charge in [0.25, 0.3) is 0 Å². The van der Waals surface area contributed by atoms with E-state index in [9.17, 15) is 4.79 Å². The second kappa shape index (κ2) is 10.6. The Morgan fingerprint density at radius 3 is 2.67 bits per heavy atom. The Bertz CT molecular complexity index is 1560. The van der Waals surface area contributed by atoms with Crippen LogP contribution in [0.4, 0.5) is 11.5 Å². The topological polar surface area (TPSA) is 83.7 Å². The van der Waals surface area contributed by atoms with Crippen LogP contribution in [-0.2, 0) is 4.74 Å². The molecule has 0 bridgehead atoms. The van der Waals surface area contributed by atoms with Crippen LogP contribution in [0.5, 0.6) is 0 Å². The lowest BCUT2D eigenvalue weighted by atomic mass is 9.99. The van der Waals surface area contributed by atoms with Gasteiger partial charge < -0.3 is 19.4 Å². The number of hydrogen-bond acceptors (Lipinski definition) is 8. The zero-order valence-electron chi connectivity index (χ0n) is 22.4. The molecule has 39 heavy (non-hydrogen) atoms. The Morgan fingerprint density at radius 1 is 1.13 bits per heavy atom. The number of nitrogens with one attached hydrogen (secondary N) is 1. The van der Waals surface area contributed by atoms with E-state index in [1.54, 1.807) is 25.4 Å². The van der Waals surface area contributed by atoms with Gasteiger partial charge in [0.15, 0.2) is 11.2 Å². The highest BCUT2D eigenvalue weighted by molar-refractivity contribution is 6.29. The molecule has 1 N–H and O–H groups in total. The lowest BCUT2D eigenvalue weighted by molar-refractivity contribution is 0.0104. The van der Waals surface area contributed by atoms with Crippen molar-refractivity contribution < 1.29 is 9.15 Å². The molecule has 1 aromatic carbocycles. The molecule has 0 saturated carbocycles. The number of morpholine rings is 1. The minimum atomic E-state index is -0.168. The number of halogens is 1. The molecular weight excluding hydrogens is 514 g/mol. The van der Waals surface area contributed by atoms with Gasteiger partial charge in [0.1, 0.15) is 16.5 Å². The predicted molar refractivity (Wildman–Crippen MR) is 155 cm³/mol. The highest BCUT2D eigenvalue weighted by Crippen LogP contribution is 2.36. The lowest BCUT2D eigenvalue weighted by Gasteiger charge is -2.47. The second-order valence-electron chi connectivity index (χ2n) is 10.4. The molecule has 4 aromatic rings. The van der Waals surface area contributed by atoms with Crippen LogP contribution in [0.15, 0.2) is 58.0 Å². The molecule has 5 heterocycles. The lowest BCUT2D eigenvalue weighted by Crippen LogP contribution is -2.61. The Hall–Kier alpha value is -3.46.